The van der Waals surface area contributed by atoms with E-state index in [0.29, 0.717) is 17.9 Å². The number of esters is 2. The highest BCUT2D eigenvalue weighted by molar-refractivity contribution is 5.80. The zero-order valence-corrected chi connectivity index (χ0v) is 25.3. The molecule has 4 saturated carbocycles. The molecule has 0 spiro atoms. The molecule has 0 bridgehead atoms. The summed E-state index contributed by atoms with van der Waals surface area (Å²) in [4.78, 5) is 41.4. The van der Waals surface area contributed by atoms with Crippen molar-refractivity contribution in [3.63, 3.8) is 0 Å². The van der Waals surface area contributed by atoms with Gasteiger partial charge in [0.05, 0.1) is 6.42 Å². The fourth-order valence-corrected chi connectivity index (χ4v) is 9.47. The van der Waals surface area contributed by atoms with Gasteiger partial charge in [-0.3, -0.25) is 14.4 Å². The molecule has 38 heavy (non-hydrogen) atoms. The number of Topliss-reactive ketones (excluding diaryl/α,β-unsaturated/α-hetero) is 1. The van der Waals surface area contributed by atoms with Crippen molar-refractivity contribution in [2.45, 2.75) is 118 Å². The zero-order chi connectivity index (χ0) is 28.2. The Labute approximate surface area is 230 Å². The number of carbonyl (C=O) groups excluding carboxylic acids is 3. The van der Waals surface area contributed by atoms with Crippen molar-refractivity contribution in [1.82, 2.24) is 4.90 Å². The molecule has 10 atom stereocenters. The van der Waals surface area contributed by atoms with Crippen LogP contribution >= 0.6 is 0 Å². The van der Waals surface area contributed by atoms with Crippen LogP contribution in [0.1, 0.15) is 99.8 Å². The Bertz CT molecular complexity index is 982. The molecule has 4 aliphatic rings. The molecule has 0 saturated heterocycles. The van der Waals surface area contributed by atoms with Gasteiger partial charge in [-0.1, -0.05) is 25.0 Å². The van der Waals surface area contributed by atoms with Crippen LogP contribution in [0.2, 0.25) is 0 Å². The van der Waals surface area contributed by atoms with Gasteiger partial charge in [-0.25, -0.2) is 0 Å². The summed E-state index contributed by atoms with van der Waals surface area (Å²) in [6.45, 7) is 13.7. The molecule has 4 aliphatic carbocycles. The molecule has 4 rings (SSSR count). The molecule has 6 heteroatoms. The van der Waals surface area contributed by atoms with E-state index in [1.54, 1.807) is 6.92 Å². The second-order valence-electron chi connectivity index (χ2n) is 14.0. The summed E-state index contributed by atoms with van der Waals surface area (Å²) >= 11 is 0. The van der Waals surface area contributed by atoms with Gasteiger partial charge in [0.25, 0.3) is 0 Å². The maximum absolute atomic E-state index is 13.5. The van der Waals surface area contributed by atoms with Crippen LogP contribution in [0.4, 0.5) is 0 Å². The van der Waals surface area contributed by atoms with Crippen LogP contribution in [0.5, 0.6) is 0 Å². The Balaban J connectivity index is 1.81. The van der Waals surface area contributed by atoms with Gasteiger partial charge in [-0.15, -0.1) is 0 Å². The lowest BCUT2D eigenvalue weighted by atomic mass is 9.43. The van der Waals surface area contributed by atoms with Crippen LogP contribution in [0, 0.1) is 40.4 Å². The highest BCUT2D eigenvalue weighted by Crippen LogP contribution is 2.68. The van der Waals surface area contributed by atoms with E-state index in [-0.39, 0.29) is 47.3 Å². The van der Waals surface area contributed by atoms with E-state index in [2.05, 4.69) is 32.8 Å². The largest absolute Gasteiger partial charge is 0.458 e. The van der Waals surface area contributed by atoms with Crippen molar-refractivity contribution in [3.05, 3.63) is 11.1 Å². The van der Waals surface area contributed by atoms with Crippen molar-refractivity contribution in [2.75, 3.05) is 14.1 Å². The van der Waals surface area contributed by atoms with Gasteiger partial charge in [-0.2, -0.15) is 0 Å². The third-order valence-electron chi connectivity index (χ3n) is 11.7. The second-order valence-corrected chi connectivity index (χ2v) is 14.0. The van der Waals surface area contributed by atoms with Gasteiger partial charge in [-0.05, 0) is 110 Å². The molecule has 6 nitrogen and oxygen atoms in total. The topological polar surface area (TPSA) is 72.9 Å². The molecule has 0 radical (unpaired) electrons. The van der Waals surface area contributed by atoms with Crippen molar-refractivity contribution >= 4 is 17.7 Å². The number of ketones is 1. The summed E-state index contributed by atoms with van der Waals surface area (Å²) in [5.74, 6) is 0.650. The monoisotopic (exact) mass is 529 g/mol. The number of fused-ring (bicyclic) bond motifs is 5. The van der Waals surface area contributed by atoms with Crippen molar-refractivity contribution in [1.29, 1.82) is 0 Å². The van der Waals surface area contributed by atoms with Crippen LogP contribution in [-0.2, 0) is 23.9 Å². The number of carbonyl (C=O) groups is 3. The molecule has 0 aromatic carbocycles. The van der Waals surface area contributed by atoms with Crippen LogP contribution in [0.25, 0.3) is 0 Å². The molecule has 0 N–H and O–H groups in total. The maximum atomic E-state index is 13.5. The van der Waals surface area contributed by atoms with Gasteiger partial charge < -0.3 is 14.4 Å². The quantitative estimate of drug-likeness (QED) is 0.312. The molecule has 0 aromatic rings. The summed E-state index contributed by atoms with van der Waals surface area (Å²) in [6.07, 6.45) is 6.50. The van der Waals surface area contributed by atoms with Crippen LogP contribution in [0.15, 0.2) is 11.1 Å². The van der Waals surface area contributed by atoms with E-state index in [0.717, 1.165) is 49.7 Å². The highest BCUT2D eigenvalue weighted by atomic mass is 16.6. The molecule has 4 fully saturated rings. The Morgan fingerprint density at radius 2 is 1.58 bits per heavy atom. The minimum absolute atomic E-state index is 0.0000302. The number of ether oxygens (including phenoxy) is 2. The molecule has 0 amide bonds. The van der Waals surface area contributed by atoms with E-state index in [4.69, 9.17) is 9.47 Å². The van der Waals surface area contributed by atoms with E-state index < -0.39 is 17.6 Å². The minimum Gasteiger partial charge on any atom is -0.458 e. The summed E-state index contributed by atoms with van der Waals surface area (Å²) in [6, 6.07) is 0.567. The van der Waals surface area contributed by atoms with Crippen LogP contribution in [0.3, 0.4) is 0 Å². The van der Waals surface area contributed by atoms with Crippen LogP contribution in [-0.4, -0.2) is 55.0 Å². The van der Waals surface area contributed by atoms with Crippen LogP contribution < -0.4 is 0 Å². The maximum Gasteiger partial charge on any atom is 0.310 e. The molecule has 0 aliphatic heterocycles. The van der Waals surface area contributed by atoms with Crippen molar-refractivity contribution in [3.8, 4) is 0 Å². The standard InChI is InChI=1S/C32H51NO5/c1-18(2)19(3)16-27(36)38-29-28-24(11-10-22-17-23(33(8)9)14-15-31(22,28)6)26-13-12-25(20(4)34)32(26,7)30(29)37-21(5)35/h22-26,28-30H,10-17H2,1-9H3/t22-,23+,24+,25-,26+,28-,29+,30-,31+,32-/m1/s1. The fraction of sp³-hybridized carbons (Fsp3) is 0.844. The van der Waals surface area contributed by atoms with Crippen molar-refractivity contribution < 1.29 is 23.9 Å². The van der Waals surface area contributed by atoms with Gasteiger partial charge >= 0.3 is 11.9 Å². The molecular formula is C32H51NO5. The first-order valence-electron chi connectivity index (χ1n) is 14.9. The lowest BCUT2D eigenvalue weighted by molar-refractivity contribution is -0.245. The molecule has 214 valence electrons. The van der Waals surface area contributed by atoms with Gasteiger partial charge in [0.1, 0.15) is 18.0 Å². The second kappa shape index (κ2) is 10.7. The highest BCUT2D eigenvalue weighted by Gasteiger charge is 2.69. The lowest BCUT2D eigenvalue weighted by Gasteiger charge is -2.64. The molecule has 0 unspecified atom stereocenters. The number of nitrogens with zero attached hydrogens (tertiary/aromatic N) is 1. The summed E-state index contributed by atoms with van der Waals surface area (Å²) in [5.41, 5.74) is 1.60. The smallest absolute Gasteiger partial charge is 0.310 e. The average molecular weight is 530 g/mol. The van der Waals surface area contributed by atoms with Gasteiger partial charge in [0, 0.05) is 30.2 Å². The molecule has 0 aromatic heterocycles. The first kappa shape index (κ1) is 29.3. The summed E-state index contributed by atoms with van der Waals surface area (Å²) in [7, 11) is 4.36. The van der Waals surface area contributed by atoms with E-state index in [1.165, 1.54) is 13.3 Å². The molecule has 0 heterocycles. The Morgan fingerprint density at radius 1 is 0.895 bits per heavy atom. The Hall–Kier alpha value is -1.69. The first-order chi connectivity index (χ1) is 17.7. The van der Waals surface area contributed by atoms with E-state index >= 15 is 0 Å². The van der Waals surface area contributed by atoms with Crippen molar-refractivity contribution in [2.24, 2.45) is 40.4 Å². The summed E-state index contributed by atoms with van der Waals surface area (Å²) in [5, 5.41) is 0. The Kier molecular flexibility index (Phi) is 8.25. The first-order valence-corrected chi connectivity index (χ1v) is 14.9. The number of hydrogen-bond acceptors (Lipinski definition) is 6. The van der Waals surface area contributed by atoms with Gasteiger partial charge in [0.15, 0.2) is 0 Å². The zero-order valence-electron chi connectivity index (χ0n) is 25.3. The number of hydrogen-bond donors (Lipinski definition) is 0. The molecular weight excluding hydrogens is 478 g/mol. The SMILES string of the molecule is CC(=O)O[C@@H]1[C@@H](OC(=O)CC(C)=C(C)C)[C@H]2[C@@H](CC[C@@H]3C[C@@H](N(C)C)CC[C@@]32C)[C@@H]2CC[C@H](C(C)=O)[C@@]12C. The fourth-order valence-electron chi connectivity index (χ4n) is 9.47. The van der Waals surface area contributed by atoms with E-state index in [9.17, 15) is 14.4 Å². The predicted molar refractivity (Wildman–Crippen MR) is 148 cm³/mol. The minimum atomic E-state index is -0.610. The third kappa shape index (κ3) is 4.88. The third-order valence-corrected chi connectivity index (χ3v) is 11.7. The predicted octanol–water partition coefficient (Wildman–Crippen LogP) is 5.97. The summed E-state index contributed by atoms with van der Waals surface area (Å²) < 4.78 is 12.7. The number of allylic oxidation sites excluding steroid dienone is 1. The average Bonchev–Trinajstić information content (AvgIpc) is 3.18. The number of rotatable bonds is 6. The lowest BCUT2D eigenvalue weighted by Crippen LogP contribution is -2.67. The van der Waals surface area contributed by atoms with Gasteiger partial charge in [0.2, 0.25) is 0 Å². The normalized spacial score (nSPS) is 41.9. The Morgan fingerprint density at radius 3 is 2.16 bits per heavy atom. The van der Waals surface area contributed by atoms with E-state index in [1.807, 2.05) is 20.8 Å².